The quantitative estimate of drug-likeness (QED) is 0.730. The monoisotopic (exact) mass is 271 g/mol. The van der Waals surface area contributed by atoms with Crippen molar-refractivity contribution in [3.05, 3.63) is 0 Å². The lowest BCUT2D eigenvalue weighted by atomic mass is 10.0. The molecule has 1 unspecified atom stereocenters. The number of carboxylic acid groups (broad SMARTS) is 1. The van der Waals surface area contributed by atoms with E-state index in [0.29, 0.717) is 31.3 Å². The van der Waals surface area contributed by atoms with Gasteiger partial charge in [-0.15, -0.1) is 0 Å². The number of hydrogen-bond donors (Lipinski definition) is 1. The van der Waals surface area contributed by atoms with Gasteiger partial charge in [-0.05, 0) is 24.7 Å². The molecule has 5 heteroatoms. The number of ether oxygens (including phenoxy) is 1. The van der Waals surface area contributed by atoms with E-state index in [4.69, 9.17) is 9.84 Å². The molecule has 0 aliphatic carbocycles. The zero-order valence-corrected chi connectivity index (χ0v) is 11.9. The molecule has 19 heavy (non-hydrogen) atoms. The lowest BCUT2D eigenvalue weighted by molar-refractivity contribution is -0.138. The Morgan fingerprint density at radius 3 is 2.63 bits per heavy atom. The second-order valence-corrected chi connectivity index (χ2v) is 5.65. The molecule has 0 bridgehead atoms. The Bertz CT molecular complexity index is 298. The number of aliphatic carboxylic acids is 1. The van der Waals surface area contributed by atoms with Crippen LogP contribution in [0.5, 0.6) is 0 Å². The highest BCUT2D eigenvalue weighted by atomic mass is 16.5. The van der Waals surface area contributed by atoms with Crippen molar-refractivity contribution in [3.8, 4) is 0 Å². The summed E-state index contributed by atoms with van der Waals surface area (Å²) in [6.45, 7) is 6.57. The maximum absolute atomic E-state index is 12.1. The minimum atomic E-state index is -0.856. The molecule has 0 aromatic rings. The van der Waals surface area contributed by atoms with Crippen LogP contribution in [-0.2, 0) is 14.3 Å². The standard InChI is InChI=1S/C14H25NO4/c1-11(2)9-15(7-5-14(17)18)13(16)4-3-12-6-8-19-10-12/h11-12H,3-10H2,1-2H3,(H,17,18). The van der Waals surface area contributed by atoms with Gasteiger partial charge in [0.15, 0.2) is 0 Å². The molecule has 0 aromatic carbocycles. The van der Waals surface area contributed by atoms with Gasteiger partial charge in [0, 0.05) is 32.7 Å². The number of carboxylic acids is 1. The number of rotatable bonds is 8. The van der Waals surface area contributed by atoms with Crippen LogP contribution in [0.25, 0.3) is 0 Å². The summed E-state index contributed by atoms with van der Waals surface area (Å²) in [4.78, 5) is 24.5. The zero-order chi connectivity index (χ0) is 14.3. The molecule has 1 amide bonds. The van der Waals surface area contributed by atoms with Crippen molar-refractivity contribution in [2.45, 2.75) is 39.5 Å². The summed E-state index contributed by atoms with van der Waals surface area (Å²) in [5, 5.41) is 8.73. The predicted octanol–water partition coefficient (Wildman–Crippen LogP) is 1.76. The van der Waals surface area contributed by atoms with Crippen molar-refractivity contribution >= 4 is 11.9 Å². The fourth-order valence-electron chi connectivity index (χ4n) is 2.29. The van der Waals surface area contributed by atoms with Crippen LogP contribution < -0.4 is 0 Å². The number of hydrogen-bond acceptors (Lipinski definition) is 3. The minimum Gasteiger partial charge on any atom is -0.481 e. The lowest BCUT2D eigenvalue weighted by Gasteiger charge is -2.24. The van der Waals surface area contributed by atoms with E-state index in [1.54, 1.807) is 4.90 Å². The van der Waals surface area contributed by atoms with E-state index in [9.17, 15) is 9.59 Å². The third kappa shape index (κ3) is 6.57. The summed E-state index contributed by atoms with van der Waals surface area (Å²) in [5.41, 5.74) is 0. The largest absolute Gasteiger partial charge is 0.481 e. The SMILES string of the molecule is CC(C)CN(CCC(=O)O)C(=O)CCC1CCOC1. The average molecular weight is 271 g/mol. The molecule has 0 radical (unpaired) electrons. The first kappa shape index (κ1) is 16.0. The molecule has 5 nitrogen and oxygen atoms in total. The number of carbonyl (C=O) groups excluding carboxylic acids is 1. The van der Waals surface area contributed by atoms with Crippen molar-refractivity contribution in [3.63, 3.8) is 0 Å². The first-order valence-corrected chi connectivity index (χ1v) is 7.06. The highest BCUT2D eigenvalue weighted by molar-refractivity contribution is 5.77. The van der Waals surface area contributed by atoms with E-state index in [2.05, 4.69) is 0 Å². The van der Waals surface area contributed by atoms with Gasteiger partial charge in [0.05, 0.1) is 6.42 Å². The van der Waals surface area contributed by atoms with Crippen molar-refractivity contribution in [1.29, 1.82) is 0 Å². The Kier molecular flexibility index (Phi) is 6.84. The van der Waals surface area contributed by atoms with Crippen LogP contribution in [0.15, 0.2) is 0 Å². The summed E-state index contributed by atoms with van der Waals surface area (Å²) in [7, 11) is 0. The normalized spacial score (nSPS) is 18.8. The van der Waals surface area contributed by atoms with Crippen molar-refractivity contribution in [1.82, 2.24) is 4.90 Å². The molecule has 1 aliphatic rings. The average Bonchev–Trinajstić information content (AvgIpc) is 2.83. The summed E-state index contributed by atoms with van der Waals surface area (Å²) < 4.78 is 5.29. The van der Waals surface area contributed by atoms with E-state index in [0.717, 1.165) is 26.1 Å². The van der Waals surface area contributed by atoms with E-state index in [1.807, 2.05) is 13.8 Å². The molecule has 1 N–H and O–H groups in total. The lowest BCUT2D eigenvalue weighted by Crippen LogP contribution is -2.36. The van der Waals surface area contributed by atoms with Crippen LogP contribution in [0.1, 0.15) is 39.5 Å². The molecule has 1 rings (SSSR count). The molecule has 1 fully saturated rings. The number of amides is 1. The van der Waals surface area contributed by atoms with Crippen LogP contribution in [0, 0.1) is 11.8 Å². The molecule has 1 aliphatic heterocycles. The first-order valence-electron chi connectivity index (χ1n) is 7.06. The molecule has 110 valence electrons. The Balaban J connectivity index is 2.37. The van der Waals surface area contributed by atoms with Crippen LogP contribution in [-0.4, -0.2) is 48.2 Å². The van der Waals surface area contributed by atoms with Gasteiger partial charge in [-0.1, -0.05) is 13.8 Å². The van der Waals surface area contributed by atoms with Crippen molar-refractivity contribution < 1.29 is 19.4 Å². The van der Waals surface area contributed by atoms with Gasteiger partial charge in [0.2, 0.25) is 5.91 Å². The first-order chi connectivity index (χ1) is 8.99. The topological polar surface area (TPSA) is 66.8 Å². The van der Waals surface area contributed by atoms with E-state index >= 15 is 0 Å². The minimum absolute atomic E-state index is 0.0188. The summed E-state index contributed by atoms with van der Waals surface area (Å²) in [6.07, 6.45) is 2.40. The fourth-order valence-corrected chi connectivity index (χ4v) is 2.29. The van der Waals surface area contributed by atoms with Gasteiger partial charge in [-0.2, -0.15) is 0 Å². The number of carbonyl (C=O) groups is 2. The maximum Gasteiger partial charge on any atom is 0.305 e. The molecule has 0 aromatic heterocycles. The van der Waals surface area contributed by atoms with Crippen LogP contribution in [0.3, 0.4) is 0 Å². The Labute approximate surface area is 114 Å². The molecule has 0 spiro atoms. The highest BCUT2D eigenvalue weighted by Crippen LogP contribution is 2.18. The second-order valence-electron chi connectivity index (χ2n) is 5.65. The number of nitrogens with zero attached hydrogens (tertiary/aromatic N) is 1. The maximum atomic E-state index is 12.1. The third-order valence-electron chi connectivity index (χ3n) is 3.32. The smallest absolute Gasteiger partial charge is 0.305 e. The van der Waals surface area contributed by atoms with E-state index in [-0.39, 0.29) is 12.3 Å². The van der Waals surface area contributed by atoms with E-state index in [1.165, 1.54) is 0 Å². The summed E-state index contributed by atoms with van der Waals surface area (Å²) in [5.74, 6) is 0.0597. The molecular weight excluding hydrogens is 246 g/mol. The zero-order valence-electron chi connectivity index (χ0n) is 11.9. The van der Waals surface area contributed by atoms with Gasteiger partial charge < -0.3 is 14.7 Å². The Morgan fingerprint density at radius 2 is 2.11 bits per heavy atom. The molecule has 0 saturated carbocycles. The van der Waals surface area contributed by atoms with Crippen molar-refractivity contribution in [2.24, 2.45) is 11.8 Å². The second kappa shape index (κ2) is 8.15. The Morgan fingerprint density at radius 1 is 1.37 bits per heavy atom. The van der Waals surface area contributed by atoms with Gasteiger partial charge in [0.1, 0.15) is 0 Å². The fraction of sp³-hybridized carbons (Fsp3) is 0.857. The van der Waals surface area contributed by atoms with Crippen LogP contribution in [0.4, 0.5) is 0 Å². The predicted molar refractivity (Wildman–Crippen MR) is 71.8 cm³/mol. The van der Waals surface area contributed by atoms with Crippen molar-refractivity contribution in [2.75, 3.05) is 26.3 Å². The molecule has 1 heterocycles. The van der Waals surface area contributed by atoms with E-state index < -0.39 is 5.97 Å². The van der Waals surface area contributed by atoms with Gasteiger partial charge in [-0.25, -0.2) is 0 Å². The Hall–Kier alpha value is -1.10. The van der Waals surface area contributed by atoms with Crippen LogP contribution >= 0.6 is 0 Å². The summed E-state index contributed by atoms with van der Waals surface area (Å²) >= 11 is 0. The van der Waals surface area contributed by atoms with Gasteiger partial charge >= 0.3 is 5.97 Å². The van der Waals surface area contributed by atoms with Crippen LogP contribution in [0.2, 0.25) is 0 Å². The van der Waals surface area contributed by atoms with Gasteiger partial charge in [0.25, 0.3) is 0 Å². The highest BCUT2D eigenvalue weighted by Gasteiger charge is 2.20. The molecule has 1 atom stereocenters. The molecule has 1 saturated heterocycles. The summed E-state index contributed by atoms with van der Waals surface area (Å²) in [6, 6.07) is 0. The third-order valence-corrected chi connectivity index (χ3v) is 3.32. The molecular formula is C14H25NO4. The van der Waals surface area contributed by atoms with Gasteiger partial charge in [-0.3, -0.25) is 9.59 Å².